The van der Waals surface area contributed by atoms with Crippen molar-refractivity contribution in [3.63, 3.8) is 0 Å². The summed E-state index contributed by atoms with van der Waals surface area (Å²) in [6.07, 6.45) is 0. The van der Waals surface area contributed by atoms with Crippen molar-refractivity contribution in [2.24, 2.45) is 0 Å². The zero-order valence-electron chi connectivity index (χ0n) is 31.1. The van der Waals surface area contributed by atoms with E-state index in [1.165, 1.54) is 81.0 Å². The van der Waals surface area contributed by atoms with Crippen LogP contribution >= 0.6 is 11.3 Å². The van der Waals surface area contributed by atoms with E-state index in [2.05, 4.69) is 228 Å². The average Bonchev–Trinajstić information content (AvgIpc) is 3.83. The Hall–Kier alpha value is -7.20. The van der Waals surface area contributed by atoms with Crippen molar-refractivity contribution in [3.8, 4) is 39.1 Å². The third-order valence-electron chi connectivity index (χ3n) is 11.2. The summed E-state index contributed by atoms with van der Waals surface area (Å²) in [5.74, 6) is 0. The third-order valence-corrected chi connectivity index (χ3v) is 12.4. The van der Waals surface area contributed by atoms with Crippen LogP contribution in [0.1, 0.15) is 0 Å². The minimum Gasteiger partial charge on any atom is -0.311 e. The molecular weight excluding hydrogens is 709 g/mol. The molecule has 0 aliphatic heterocycles. The number of hydrogen-bond donors (Lipinski definition) is 0. The second-order valence-electron chi connectivity index (χ2n) is 14.5. The van der Waals surface area contributed by atoms with Gasteiger partial charge in [0.1, 0.15) is 0 Å². The Morgan fingerprint density at radius 1 is 0.316 bits per heavy atom. The highest BCUT2D eigenvalue weighted by Gasteiger charge is 2.17. The number of nitrogens with zero attached hydrogens (tertiary/aromatic N) is 2. The molecule has 2 nitrogen and oxygen atoms in total. The van der Waals surface area contributed by atoms with Crippen LogP contribution < -0.4 is 4.90 Å². The molecule has 0 atom stereocenters. The molecule has 268 valence electrons. The van der Waals surface area contributed by atoms with Gasteiger partial charge >= 0.3 is 0 Å². The highest BCUT2D eigenvalue weighted by molar-refractivity contribution is 7.25. The van der Waals surface area contributed by atoms with E-state index < -0.39 is 0 Å². The summed E-state index contributed by atoms with van der Waals surface area (Å²) in [4.78, 5) is 2.36. The van der Waals surface area contributed by atoms with E-state index in [1.54, 1.807) is 0 Å². The summed E-state index contributed by atoms with van der Waals surface area (Å²) in [5, 5.41) is 5.16. The first-order valence-corrected chi connectivity index (χ1v) is 20.2. The van der Waals surface area contributed by atoms with Gasteiger partial charge in [0.2, 0.25) is 0 Å². The van der Waals surface area contributed by atoms with Gasteiger partial charge in [0.15, 0.2) is 0 Å². The smallest absolute Gasteiger partial charge is 0.0541 e. The maximum absolute atomic E-state index is 2.41. The highest BCUT2D eigenvalue weighted by Crippen LogP contribution is 2.41. The van der Waals surface area contributed by atoms with Gasteiger partial charge < -0.3 is 9.47 Å². The minimum absolute atomic E-state index is 1.10. The van der Waals surface area contributed by atoms with Crippen LogP contribution in [0.3, 0.4) is 0 Å². The molecule has 0 saturated heterocycles. The lowest BCUT2D eigenvalue weighted by Gasteiger charge is -2.26. The fraction of sp³-hybridized carbons (Fsp3) is 0. The summed E-state index contributed by atoms with van der Waals surface area (Å²) >= 11 is 1.86. The Morgan fingerprint density at radius 2 is 0.772 bits per heavy atom. The van der Waals surface area contributed by atoms with E-state index in [4.69, 9.17) is 0 Å². The monoisotopic (exact) mass is 744 g/mol. The van der Waals surface area contributed by atoms with E-state index in [0.29, 0.717) is 0 Å². The normalized spacial score (nSPS) is 11.5. The van der Waals surface area contributed by atoms with E-state index in [0.717, 1.165) is 17.1 Å². The van der Waals surface area contributed by atoms with E-state index in [1.807, 2.05) is 11.3 Å². The Kier molecular flexibility index (Phi) is 8.04. The third kappa shape index (κ3) is 5.80. The van der Waals surface area contributed by atoms with Crippen molar-refractivity contribution in [1.29, 1.82) is 0 Å². The molecular formula is C54H36N2S. The van der Waals surface area contributed by atoms with E-state index in [9.17, 15) is 0 Å². The van der Waals surface area contributed by atoms with Crippen molar-refractivity contribution in [1.82, 2.24) is 4.57 Å². The number of rotatable bonds is 7. The Bertz CT molecular complexity index is 3160. The van der Waals surface area contributed by atoms with Crippen LogP contribution in [0, 0.1) is 0 Å². The first-order valence-electron chi connectivity index (χ1n) is 19.4. The van der Waals surface area contributed by atoms with Gasteiger partial charge in [-0.3, -0.25) is 0 Å². The van der Waals surface area contributed by atoms with Gasteiger partial charge in [0, 0.05) is 53.6 Å². The number of anilines is 3. The van der Waals surface area contributed by atoms with Gasteiger partial charge in [-0.2, -0.15) is 0 Å². The maximum atomic E-state index is 2.41. The lowest BCUT2D eigenvalue weighted by atomic mass is 10.0. The zero-order chi connectivity index (χ0) is 37.7. The molecule has 9 aromatic carbocycles. The number of fused-ring (bicyclic) bond motifs is 6. The molecule has 2 aromatic heterocycles. The highest BCUT2D eigenvalue weighted by atomic mass is 32.1. The fourth-order valence-electron chi connectivity index (χ4n) is 8.47. The lowest BCUT2D eigenvalue weighted by molar-refractivity contribution is 1.18. The van der Waals surface area contributed by atoms with Crippen LogP contribution in [0.25, 0.3) is 81.0 Å². The molecule has 11 rings (SSSR count). The van der Waals surface area contributed by atoms with Gasteiger partial charge in [-0.1, -0.05) is 146 Å². The topological polar surface area (TPSA) is 8.17 Å². The zero-order valence-corrected chi connectivity index (χ0v) is 31.9. The van der Waals surface area contributed by atoms with Crippen molar-refractivity contribution in [3.05, 3.63) is 218 Å². The Balaban J connectivity index is 0.991. The first-order chi connectivity index (χ1) is 28.3. The molecule has 0 amide bonds. The standard InChI is InChI=1S/C54H36N2S/c1-2-12-37(13-3-1)38-22-29-42(30-23-38)55(43-31-24-39(25-32-43)41-28-35-54-49(36-41)48-17-7-11-21-53(48)57-54)44-33-26-40(27-34-44)45-14-4-8-18-50(45)56-51-19-9-5-15-46(51)47-16-6-10-20-52(47)56/h1-36H. The molecule has 0 radical (unpaired) electrons. The van der Waals surface area contributed by atoms with Crippen molar-refractivity contribution >= 4 is 70.4 Å². The molecule has 3 heteroatoms. The summed E-state index contributed by atoms with van der Waals surface area (Å²) in [5.41, 5.74) is 14.1. The van der Waals surface area contributed by atoms with E-state index >= 15 is 0 Å². The SMILES string of the molecule is c1ccc(-c2ccc(N(c3ccc(-c4ccc5sc6ccccc6c5c4)cc3)c3ccc(-c4ccccc4-n4c5ccccc5c5ccccc54)cc3)cc2)cc1. The molecule has 0 spiro atoms. The van der Waals surface area contributed by atoms with Crippen LogP contribution in [-0.2, 0) is 0 Å². The number of para-hydroxylation sites is 3. The van der Waals surface area contributed by atoms with Crippen LogP contribution in [0.5, 0.6) is 0 Å². The van der Waals surface area contributed by atoms with E-state index in [-0.39, 0.29) is 0 Å². The fourth-order valence-corrected chi connectivity index (χ4v) is 9.56. The molecule has 0 unspecified atom stereocenters. The molecule has 0 aliphatic rings. The number of thiophene rings is 1. The van der Waals surface area contributed by atoms with Gasteiger partial charge in [-0.15, -0.1) is 11.3 Å². The molecule has 11 aromatic rings. The summed E-state index contributed by atoms with van der Waals surface area (Å²) in [7, 11) is 0. The van der Waals surface area contributed by atoms with Crippen LogP contribution in [0.15, 0.2) is 218 Å². The number of aromatic nitrogens is 1. The molecule has 0 fully saturated rings. The summed E-state index contributed by atoms with van der Waals surface area (Å²) < 4.78 is 5.06. The maximum Gasteiger partial charge on any atom is 0.0541 e. The number of benzene rings is 9. The van der Waals surface area contributed by atoms with Gasteiger partial charge in [0.05, 0.1) is 16.7 Å². The van der Waals surface area contributed by atoms with Crippen molar-refractivity contribution < 1.29 is 0 Å². The second kappa shape index (κ2) is 13.8. The quantitative estimate of drug-likeness (QED) is 0.158. The predicted molar refractivity (Wildman–Crippen MR) is 245 cm³/mol. The first kappa shape index (κ1) is 33.2. The second-order valence-corrected chi connectivity index (χ2v) is 15.6. The van der Waals surface area contributed by atoms with Crippen LogP contribution in [0.4, 0.5) is 17.1 Å². The molecule has 0 saturated carbocycles. The molecule has 0 N–H and O–H groups in total. The van der Waals surface area contributed by atoms with Crippen molar-refractivity contribution in [2.75, 3.05) is 4.90 Å². The van der Waals surface area contributed by atoms with Crippen molar-refractivity contribution in [2.45, 2.75) is 0 Å². The van der Waals surface area contributed by atoms with Crippen LogP contribution in [0.2, 0.25) is 0 Å². The Labute approximate surface area is 335 Å². The van der Waals surface area contributed by atoms with Gasteiger partial charge in [-0.05, 0) is 101 Å². The summed E-state index contributed by atoms with van der Waals surface area (Å²) in [6.45, 7) is 0. The largest absolute Gasteiger partial charge is 0.311 e. The molecule has 0 aliphatic carbocycles. The minimum atomic E-state index is 1.10. The van der Waals surface area contributed by atoms with Gasteiger partial charge in [0.25, 0.3) is 0 Å². The molecule has 2 heterocycles. The summed E-state index contributed by atoms with van der Waals surface area (Å²) in [6, 6.07) is 79.3. The average molecular weight is 745 g/mol. The van der Waals surface area contributed by atoms with Gasteiger partial charge in [-0.25, -0.2) is 0 Å². The number of hydrogen-bond acceptors (Lipinski definition) is 2. The lowest BCUT2D eigenvalue weighted by Crippen LogP contribution is -2.09. The Morgan fingerprint density at radius 3 is 1.42 bits per heavy atom. The molecule has 57 heavy (non-hydrogen) atoms. The predicted octanol–water partition coefficient (Wildman–Crippen LogP) is 15.6. The van der Waals surface area contributed by atoms with Crippen LogP contribution in [-0.4, -0.2) is 4.57 Å². The molecule has 0 bridgehead atoms.